The molecule has 0 aliphatic rings. The minimum absolute atomic E-state index is 0.0324. The molecular formula is C46H69F2N5O9Si2. The number of halogens is 2. The van der Waals surface area contributed by atoms with Crippen LogP contribution in [0.25, 0.3) is 11.1 Å². The average molecular weight is 930 g/mol. The molecule has 0 saturated carbocycles. The number of rotatable bonds is 24. The zero-order chi connectivity index (χ0) is 48.0. The van der Waals surface area contributed by atoms with Crippen LogP contribution in [0.4, 0.5) is 13.6 Å². The van der Waals surface area contributed by atoms with Crippen LogP contribution in [0.2, 0.25) is 51.4 Å². The van der Waals surface area contributed by atoms with Gasteiger partial charge in [-0.05, 0) is 60.2 Å². The molecule has 3 aromatic rings. The zero-order valence-electron chi connectivity index (χ0n) is 38.9. The molecule has 0 bridgehead atoms. The molecule has 18 heteroatoms. The summed E-state index contributed by atoms with van der Waals surface area (Å²) in [7, 11) is -3.23. The Morgan fingerprint density at radius 3 is 2.06 bits per heavy atom. The van der Waals surface area contributed by atoms with Crippen LogP contribution in [-0.4, -0.2) is 122 Å². The number of amides is 3. The maximum Gasteiger partial charge on any atom is 0.410 e. The Morgan fingerprint density at radius 1 is 0.859 bits per heavy atom. The van der Waals surface area contributed by atoms with Crippen molar-refractivity contribution in [1.29, 1.82) is 0 Å². The highest BCUT2D eigenvalue weighted by atomic mass is 28.3. The van der Waals surface area contributed by atoms with Crippen LogP contribution >= 0.6 is 0 Å². The fraction of sp³-hybridized carbons (Fsp3) is 0.543. The van der Waals surface area contributed by atoms with Gasteiger partial charge in [-0.3, -0.25) is 19.3 Å². The first kappa shape index (κ1) is 53.4. The van der Waals surface area contributed by atoms with E-state index in [1.807, 2.05) is 55.7 Å². The van der Waals surface area contributed by atoms with Crippen molar-refractivity contribution in [2.24, 2.45) is 11.1 Å². The van der Waals surface area contributed by atoms with Crippen molar-refractivity contribution in [2.75, 3.05) is 39.5 Å². The summed E-state index contributed by atoms with van der Waals surface area (Å²) in [4.78, 5) is 68.4. The van der Waals surface area contributed by atoms with E-state index in [-0.39, 0.29) is 51.3 Å². The van der Waals surface area contributed by atoms with E-state index in [2.05, 4.69) is 44.6 Å². The van der Waals surface area contributed by atoms with Crippen molar-refractivity contribution in [1.82, 2.24) is 19.7 Å². The minimum atomic E-state index is -1.62. The van der Waals surface area contributed by atoms with E-state index >= 15 is 4.39 Å². The topological polar surface area (TPSA) is 194 Å². The molecule has 0 aliphatic heterocycles. The van der Waals surface area contributed by atoms with Crippen molar-refractivity contribution >= 4 is 46.0 Å². The zero-order valence-corrected chi connectivity index (χ0v) is 40.9. The predicted molar refractivity (Wildman–Crippen MR) is 248 cm³/mol. The van der Waals surface area contributed by atoms with Gasteiger partial charge in [0.2, 0.25) is 11.8 Å². The monoisotopic (exact) mass is 929 g/mol. The molecule has 0 aliphatic carbocycles. The SMILES string of the molecule is CC(C)(C)[C@H](c1cc(-c2cc(F)ccc2F)cn1Cc1ccccc1)N(CC[C@H](N)C(=O)NCCN(C(=O)OCC[Si](C)(C)C)[C@@H](CCC(=O)O)C(=O)OCC[Si](C)(C)C)C(=O)CO. The van der Waals surface area contributed by atoms with E-state index < -0.39 is 94.2 Å². The number of aliphatic hydroxyl groups excluding tert-OH is 1. The van der Waals surface area contributed by atoms with Gasteiger partial charge >= 0.3 is 18.0 Å². The van der Waals surface area contributed by atoms with Crippen molar-refractivity contribution in [3.63, 3.8) is 0 Å². The summed E-state index contributed by atoms with van der Waals surface area (Å²) in [6.45, 7) is 17.6. The molecule has 0 saturated heterocycles. The van der Waals surface area contributed by atoms with Crippen LogP contribution in [-0.2, 0) is 35.2 Å². The number of aliphatic carboxylic acids is 1. The molecule has 3 rings (SSSR count). The largest absolute Gasteiger partial charge is 0.481 e. The summed E-state index contributed by atoms with van der Waals surface area (Å²) < 4.78 is 42.6. The molecule has 2 aromatic carbocycles. The number of carbonyl (C=O) groups is 5. The van der Waals surface area contributed by atoms with Crippen LogP contribution in [0.3, 0.4) is 0 Å². The molecule has 0 unspecified atom stereocenters. The average Bonchev–Trinajstić information content (AvgIpc) is 3.59. The lowest BCUT2D eigenvalue weighted by molar-refractivity contribution is -0.149. The summed E-state index contributed by atoms with van der Waals surface area (Å²) in [5, 5.41) is 22.4. The van der Waals surface area contributed by atoms with E-state index in [1.54, 1.807) is 12.3 Å². The standard InChI is InChI=1S/C46H69F2N5O9Si2/c1-46(2,3)42(39-27-33(35-28-34(47)15-16-36(35)48)30-51(39)29-32-13-11-10-12-14-32)53(40(55)31-54)21-19-37(49)43(58)50-20-22-52(45(60)62-24-26-64(7,8)9)38(17-18-41(56)57)44(59)61-23-25-63(4,5)6/h10-16,27-28,30,37-38,42,54H,17-26,29,31,49H2,1-9H3,(H,50,58)(H,56,57)/t37-,38-,42-/m0/s1. The highest BCUT2D eigenvalue weighted by Crippen LogP contribution is 2.41. The van der Waals surface area contributed by atoms with Crippen molar-refractivity contribution in [3.8, 4) is 11.1 Å². The highest BCUT2D eigenvalue weighted by molar-refractivity contribution is 6.76. The normalized spacial score (nSPS) is 13.4. The summed E-state index contributed by atoms with van der Waals surface area (Å²) in [6, 6.07) is 12.4. The minimum Gasteiger partial charge on any atom is -0.481 e. The number of nitrogens with one attached hydrogen (secondary N) is 1. The second kappa shape index (κ2) is 23.8. The number of aromatic nitrogens is 1. The number of nitrogens with zero attached hydrogens (tertiary/aromatic N) is 3. The van der Waals surface area contributed by atoms with Gasteiger partial charge in [-0.2, -0.15) is 0 Å². The molecule has 354 valence electrons. The lowest BCUT2D eigenvalue weighted by Crippen LogP contribution is -2.51. The summed E-state index contributed by atoms with van der Waals surface area (Å²) in [6.07, 6.45) is 0.116. The van der Waals surface area contributed by atoms with Crippen molar-refractivity contribution in [2.45, 2.75) is 116 Å². The number of carboxylic acids is 1. The van der Waals surface area contributed by atoms with Gasteiger partial charge in [0.25, 0.3) is 0 Å². The molecule has 0 radical (unpaired) electrons. The number of carboxylic acid groups (broad SMARTS) is 1. The maximum absolute atomic E-state index is 15.2. The summed E-state index contributed by atoms with van der Waals surface area (Å²) in [5.41, 5.74) is 7.61. The second-order valence-electron chi connectivity index (χ2n) is 19.6. The third kappa shape index (κ3) is 17.2. The Labute approximate surface area is 378 Å². The van der Waals surface area contributed by atoms with E-state index in [1.165, 1.54) is 4.90 Å². The molecule has 1 heterocycles. The summed E-state index contributed by atoms with van der Waals surface area (Å²) >= 11 is 0. The van der Waals surface area contributed by atoms with Gasteiger partial charge in [-0.1, -0.05) is 90.4 Å². The van der Waals surface area contributed by atoms with Crippen LogP contribution in [0.1, 0.15) is 57.3 Å². The highest BCUT2D eigenvalue weighted by Gasteiger charge is 2.38. The Hall–Kier alpha value is -4.92. The van der Waals surface area contributed by atoms with Gasteiger partial charge in [0.15, 0.2) is 0 Å². The molecule has 64 heavy (non-hydrogen) atoms. The van der Waals surface area contributed by atoms with Crippen LogP contribution in [0.15, 0.2) is 60.8 Å². The fourth-order valence-electron chi connectivity index (χ4n) is 7.06. The molecule has 0 fully saturated rings. The van der Waals surface area contributed by atoms with E-state index in [9.17, 15) is 38.6 Å². The third-order valence-corrected chi connectivity index (χ3v) is 14.0. The number of ether oxygens (including phenoxy) is 2. The molecule has 3 atom stereocenters. The van der Waals surface area contributed by atoms with Gasteiger partial charge < -0.3 is 40.2 Å². The van der Waals surface area contributed by atoms with Gasteiger partial charge in [-0.15, -0.1) is 0 Å². The quantitative estimate of drug-likeness (QED) is 0.0531. The first-order valence-corrected chi connectivity index (χ1v) is 29.2. The summed E-state index contributed by atoms with van der Waals surface area (Å²) in [5.74, 6) is -4.47. The molecule has 3 amide bonds. The number of benzene rings is 2. The van der Waals surface area contributed by atoms with Gasteiger partial charge in [-0.25, -0.2) is 18.4 Å². The van der Waals surface area contributed by atoms with Crippen LogP contribution < -0.4 is 11.1 Å². The Morgan fingerprint density at radius 2 is 1.48 bits per heavy atom. The first-order chi connectivity index (χ1) is 29.8. The molecule has 0 spiro atoms. The lowest BCUT2D eigenvalue weighted by Gasteiger charge is -2.41. The fourth-order valence-corrected chi connectivity index (χ4v) is 8.49. The number of nitrogens with two attached hydrogens (primary N) is 1. The Balaban J connectivity index is 1.88. The molecule has 5 N–H and O–H groups in total. The second-order valence-corrected chi connectivity index (χ2v) is 30.9. The van der Waals surface area contributed by atoms with Gasteiger partial charge in [0, 0.05) is 71.8 Å². The van der Waals surface area contributed by atoms with E-state index in [0.29, 0.717) is 29.9 Å². The van der Waals surface area contributed by atoms with Gasteiger partial charge in [0.1, 0.15) is 24.3 Å². The predicted octanol–water partition coefficient (Wildman–Crippen LogP) is 7.11. The number of hydrogen-bond acceptors (Lipinski definition) is 9. The maximum atomic E-state index is 15.2. The number of hydrogen-bond donors (Lipinski definition) is 4. The number of carbonyl (C=O) groups excluding carboxylic acids is 4. The lowest BCUT2D eigenvalue weighted by atomic mass is 9.82. The van der Waals surface area contributed by atoms with Crippen molar-refractivity contribution in [3.05, 3.63) is 83.7 Å². The Bertz CT molecular complexity index is 2030. The first-order valence-electron chi connectivity index (χ1n) is 21.8. The molecule has 14 nitrogen and oxygen atoms in total. The number of aliphatic hydroxyl groups is 1. The van der Waals surface area contributed by atoms with Crippen molar-refractivity contribution < 1.29 is 52.4 Å². The Kier molecular flexibility index (Phi) is 19.9. The molecule has 1 aromatic heterocycles. The smallest absolute Gasteiger partial charge is 0.410 e. The van der Waals surface area contributed by atoms with Crippen LogP contribution in [0.5, 0.6) is 0 Å². The van der Waals surface area contributed by atoms with E-state index in [0.717, 1.165) is 28.7 Å². The van der Waals surface area contributed by atoms with Gasteiger partial charge in [0.05, 0.1) is 25.3 Å². The third-order valence-electron chi connectivity index (χ3n) is 10.6. The van der Waals surface area contributed by atoms with E-state index in [4.69, 9.17) is 15.2 Å². The molecular weight excluding hydrogens is 861 g/mol. The van der Waals surface area contributed by atoms with Crippen LogP contribution in [0, 0.1) is 17.0 Å². The number of esters is 1.